The summed E-state index contributed by atoms with van der Waals surface area (Å²) >= 11 is 1.37. The number of thiazole rings is 1. The zero-order chi connectivity index (χ0) is 12.5. The molecule has 1 aromatic heterocycles. The Morgan fingerprint density at radius 1 is 1.17 bits per heavy atom. The van der Waals surface area contributed by atoms with E-state index in [1.54, 1.807) is 5.38 Å². The number of nitrogens with two attached hydrogens (primary N) is 1. The first-order valence-corrected chi connectivity index (χ1v) is 5.71. The van der Waals surface area contributed by atoms with E-state index in [4.69, 9.17) is 5.73 Å². The molecule has 2 N–H and O–H groups in total. The number of hydrogen-bond donors (Lipinski definition) is 1. The van der Waals surface area contributed by atoms with Crippen LogP contribution in [0.15, 0.2) is 29.6 Å². The van der Waals surface area contributed by atoms with Crippen LogP contribution in [-0.2, 0) is 12.7 Å². The first kappa shape index (κ1) is 14.9. The van der Waals surface area contributed by atoms with Crippen LogP contribution in [0.25, 0.3) is 10.6 Å². The second-order valence-corrected chi connectivity index (χ2v) is 4.28. The largest absolute Gasteiger partial charge is 0.416 e. The van der Waals surface area contributed by atoms with E-state index in [1.165, 1.54) is 23.5 Å². The van der Waals surface area contributed by atoms with Gasteiger partial charge < -0.3 is 5.73 Å². The molecule has 1 aromatic carbocycles. The standard InChI is InChI=1S/C11H9F3N2S.ClH/c12-11(13,14)8-3-1-7(2-4-8)10-16-9(5-15)6-17-10;/h1-4,6H,5,15H2;1H. The first-order valence-electron chi connectivity index (χ1n) is 4.83. The fourth-order valence-electron chi connectivity index (χ4n) is 1.34. The van der Waals surface area contributed by atoms with Crippen molar-refractivity contribution >= 4 is 23.7 Å². The summed E-state index contributed by atoms with van der Waals surface area (Å²) in [6, 6.07) is 4.95. The maximum absolute atomic E-state index is 12.4. The fraction of sp³-hybridized carbons (Fsp3) is 0.182. The highest BCUT2D eigenvalue weighted by molar-refractivity contribution is 7.13. The predicted molar refractivity (Wildman–Crippen MR) is 67.7 cm³/mol. The van der Waals surface area contributed by atoms with E-state index in [2.05, 4.69) is 4.98 Å². The van der Waals surface area contributed by atoms with Crippen molar-refractivity contribution in [3.63, 3.8) is 0 Å². The van der Waals surface area contributed by atoms with Crippen LogP contribution in [0.4, 0.5) is 13.2 Å². The van der Waals surface area contributed by atoms with E-state index >= 15 is 0 Å². The van der Waals surface area contributed by atoms with Gasteiger partial charge in [-0.2, -0.15) is 13.2 Å². The van der Waals surface area contributed by atoms with Gasteiger partial charge in [-0.25, -0.2) is 4.98 Å². The fourth-order valence-corrected chi connectivity index (χ4v) is 2.17. The SMILES string of the molecule is Cl.NCc1csc(-c2ccc(C(F)(F)F)cc2)n1. The van der Waals surface area contributed by atoms with Crippen LogP contribution in [0.1, 0.15) is 11.3 Å². The van der Waals surface area contributed by atoms with Crippen LogP contribution in [0.5, 0.6) is 0 Å². The van der Waals surface area contributed by atoms with Crippen LogP contribution >= 0.6 is 23.7 Å². The quantitative estimate of drug-likeness (QED) is 0.917. The molecule has 0 aliphatic carbocycles. The number of hydrogen-bond acceptors (Lipinski definition) is 3. The van der Waals surface area contributed by atoms with Crippen molar-refractivity contribution < 1.29 is 13.2 Å². The van der Waals surface area contributed by atoms with E-state index in [1.807, 2.05) is 0 Å². The van der Waals surface area contributed by atoms with Crippen molar-refractivity contribution in [3.8, 4) is 10.6 Å². The lowest BCUT2D eigenvalue weighted by molar-refractivity contribution is -0.137. The summed E-state index contributed by atoms with van der Waals surface area (Å²) in [6.07, 6.45) is -4.30. The Morgan fingerprint density at radius 3 is 2.22 bits per heavy atom. The van der Waals surface area contributed by atoms with E-state index < -0.39 is 11.7 Å². The molecule has 0 fully saturated rings. The number of nitrogens with zero attached hydrogens (tertiary/aromatic N) is 1. The normalized spacial score (nSPS) is 11.1. The Bertz CT molecular complexity index is 508. The third-order valence-electron chi connectivity index (χ3n) is 2.22. The molecule has 0 unspecified atom stereocenters. The van der Waals surface area contributed by atoms with Crippen molar-refractivity contribution in [2.75, 3.05) is 0 Å². The number of aromatic nitrogens is 1. The van der Waals surface area contributed by atoms with Gasteiger partial charge >= 0.3 is 6.18 Å². The summed E-state index contributed by atoms with van der Waals surface area (Å²) in [7, 11) is 0. The van der Waals surface area contributed by atoms with E-state index in [9.17, 15) is 13.2 Å². The van der Waals surface area contributed by atoms with Crippen molar-refractivity contribution in [1.82, 2.24) is 4.98 Å². The summed E-state index contributed by atoms with van der Waals surface area (Å²) in [4.78, 5) is 4.20. The van der Waals surface area contributed by atoms with Crippen molar-refractivity contribution in [3.05, 3.63) is 40.9 Å². The topological polar surface area (TPSA) is 38.9 Å². The number of alkyl halides is 3. The average molecular weight is 295 g/mol. The molecule has 0 aliphatic rings. The predicted octanol–water partition coefficient (Wildman–Crippen LogP) is 3.71. The molecule has 7 heteroatoms. The average Bonchev–Trinajstić information content (AvgIpc) is 2.76. The minimum atomic E-state index is -4.30. The van der Waals surface area contributed by atoms with Gasteiger partial charge in [0.15, 0.2) is 0 Å². The number of rotatable bonds is 2. The van der Waals surface area contributed by atoms with Gasteiger partial charge in [0.1, 0.15) is 5.01 Å². The summed E-state index contributed by atoms with van der Waals surface area (Å²) in [5.41, 5.74) is 6.17. The van der Waals surface area contributed by atoms with Gasteiger partial charge in [-0.3, -0.25) is 0 Å². The highest BCUT2D eigenvalue weighted by Crippen LogP contribution is 2.31. The van der Waals surface area contributed by atoms with Crippen LogP contribution in [0.3, 0.4) is 0 Å². The Labute approximate surface area is 112 Å². The van der Waals surface area contributed by atoms with E-state index in [0.29, 0.717) is 17.1 Å². The van der Waals surface area contributed by atoms with Gasteiger partial charge in [0, 0.05) is 17.5 Å². The van der Waals surface area contributed by atoms with Gasteiger partial charge in [-0.15, -0.1) is 23.7 Å². The molecule has 0 radical (unpaired) electrons. The smallest absolute Gasteiger partial charge is 0.325 e. The van der Waals surface area contributed by atoms with Crippen LogP contribution in [-0.4, -0.2) is 4.98 Å². The zero-order valence-electron chi connectivity index (χ0n) is 9.07. The van der Waals surface area contributed by atoms with Gasteiger partial charge in [-0.1, -0.05) is 12.1 Å². The minimum Gasteiger partial charge on any atom is -0.325 e. The Kier molecular flexibility index (Phi) is 4.72. The Balaban J connectivity index is 0.00000162. The minimum absolute atomic E-state index is 0. The molecule has 0 saturated carbocycles. The molecule has 2 aromatic rings. The van der Waals surface area contributed by atoms with Crippen molar-refractivity contribution in [2.45, 2.75) is 12.7 Å². The highest BCUT2D eigenvalue weighted by atomic mass is 35.5. The molecule has 2 rings (SSSR count). The number of benzene rings is 1. The van der Waals surface area contributed by atoms with Crippen molar-refractivity contribution in [1.29, 1.82) is 0 Å². The molecule has 98 valence electrons. The number of halogens is 4. The molecule has 0 amide bonds. The molecule has 0 bridgehead atoms. The maximum atomic E-state index is 12.4. The molecule has 1 heterocycles. The Morgan fingerprint density at radius 2 is 1.78 bits per heavy atom. The monoisotopic (exact) mass is 294 g/mol. The first-order chi connectivity index (χ1) is 8.00. The van der Waals surface area contributed by atoms with E-state index in [0.717, 1.165) is 17.8 Å². The molecule has 0 spiro atoms. The molecule has 0 saturated heterocycles. The third kappa shape index (κ3) is 3.22. The van der Waals surface area contributed by atoms with Gasteiger partial charge in [0.05, 0.1) is 11.3 Å². The van der Waals surface area contributed by atoms with E-state index in [-0.39, 0.29) is 12.4 Å². The van der Waals surface area contributed by atoms with Crippen molar-refractivity contribution in [2.24, 2.45) is 5.73 Å². The molecule has 18 heavy (non-hydrogen) atoms. The molecule has 2 nitrogen and oxygen atoms in total. The maximum Gasteiger partial charge on any atom is 0.416 e. The lowest BCUT2D eigenvalue weighted by atomic mass is 10.1. The summed E-state index contributed by atoms with van der Waals surface area (Å²) in [6.45, 7) is 0.330. The highest BCUT2D eigenvalue weighted by Gasteiger charge is 2.30. The molecule has 0 atom stereocenters. The lowest BCUT2D eigenvalue weighted by Crippen LogP contribution is -2.04. The van der Waals surface area contributed by atoms with Gasteiger partial charge in [0.25, 0.3) is 0 Å². The molecular formula is C11H10ClF3N2S. The summed E-state index contributed by atoms with van der Waals surface area (Å²) in [5, 5.41) is 2.48. The molecular weight excluding hydrogens is 285 g/mol. The zero-order valence-corrected chi connectivity index (χ0v) is 10.7. The summed E-state index contributed by atoms with van der Waals surface area (Å²) < 4.78 is 37.1. The van der Waals surface area contributed by atoms with Crippen LogP contribution in [0.2, 0.25) is 0 Å². The van der Waals surface area contributed by atoms with Gasteiger partial charge in [-0.05, 0) is 12.1 Å². The second-order valence-electron chi connectivity index (χ2n) is 3.42. The van der Waals surface area contributed by atoms with Gasteiger partial charge in [0.2, 0.25) is 0 Å². The third-order valence-corrected chi connectivity index (χ3v) is 3.16. The Hall–Kier alpha value is -1.11. The van der Waals surface area contributed by atoms with Crippen LogP contribution < -0.4 is 5.73 Å². The second kappa shape index (κ2) is 5.69. The lowest BCUT2D eigenvalue weighted by Gasteiger charge is -2.06. The van der Waals surface area contributed by atoms with Crippen LogP contribution in [0, 0.1) is 0 Å². The summed E-state index contributed by atoms with van der Waals surface area (Å²) in [5.74, 6) is 0. The molecule has 0 aliphatic heterocycles.